The van der Waals surface area contributed by atoms with Gasteiger partial charge in [-0.3, -0.25) is 4.79 Å². The fraction of sp³-hybridized carbons (Fsp3) is 0.560. The molecule has 4 nitrogen and oxygen atoms in total. The Morgan fingerprint density at radius 3 is 2.66 bits per heavy atom. The Bertz CT molecular complexity index is 739. The van der Waals surface area contributed by atoms with Crippen molar-refractivity contribution in [1.29, 1.82) is 0 Å². The van der Waals surface area contributed by atoms with E-state index < -0.39 is 0 Å². The maximum Gasteiger partial charge on any atom is 0.222 e. The number of hydrogen-bond donors (Lipinski definition) is 0. The van der Waals surface area contributed by atoms with Gasteiger partial charge < -0.3 is 14.1 Å². The zero-order valence-electron chi connectivity index (χ0n) is 18.1. The highest BCUT2D eigenvalue weighted by Crippen LogP contribution is 2.36. The van der Waals surface area contributed by atoms with Crippen molar-refractivity contribution in [1.82, 2.24) is 4.90 Å². The van der Waals surface area contributed by atoms with Crippen molar-refractivity contribution < 1.29 is 13.9 Å². The van der Waals surface area contributed by atoms with Crippen LogP contribution in [-0.2, 0) is 22.5 Å². The number of benzene rings is 1. The van der Waals surface area contributed by atoms with Crippen LogP contribution in [0.2, 0.25) is 0 Å². The molecule has 0 spiro atoms. The molecule has 0 saturated carbocycles. The van der Waals surface area contributed by atoms with Crippen molar-refractivity contribution in [2.24, 2.45) is 11.8 Å². The third-order valence-electron chi connectivity index (χ3n) is 6.09. The Hall–Kier alpha value is -2.07. The van der Waals surface area contributed by atoms with Gasteiger partial charge in [-0.2, -0.15) is 0 Å². The topological polar surface area (TPSA) is 42.7 Å². The molecule has 3 rings (SSSR count). The molecule has 2 aromatic rings. The van der Waals surface area contributed by atoms with Gasteiger partial charge in [0.05, 0.1) is 18.4 Å². The van der Waals surface area contributed by atoms with Crippen LogP contribution in [0.5, 0.6) is 0 Å². The van der Waals surface area contributed by atoms with Gasteiger partial charge in [0.25, 0.3) is 0 Å². The van der Waals surface area contributed by atoms with E-state index in [4.69, 9.17) is 9.15 Å². The number of carbonyl (C=O) groups excluding carboxylic acids is 1. The van der Waals surface area contributed by atoms with E-state index in [1.54, 1.807) is 6.26 Å². The summed E-state index contributed by atoms with van der Waals surface area (Å²) in [6.07, 6.45) is 6.42. The number of ether oxygens (including phenoxy) is 1. The van der Waals surface area contributed by atoms with E-state index in [2.05, 4.69) is 44.2 Å². The van der Waals surface area contributed by atoms with E-state index in [-0.39, 0.29) is 11.5 Å². The lowest BCUT2D eigenvalue weighted by molar-refractivity contribution is -0.132. The van der Waals surface area contributed by atoms with Crippen molar-refractivity contribution in [3.8, 4) is 0 Å². The molecular formula is C25H35NO3. The molecular weight excluding hydrogens is 362 g/mol. The van der Waals surface area contributed by atoms with Gasteiger partial charge in [0.1, 0.15) is 5.76 Å². The lowest BCUT2D eigenvalue weighted by atomic mass is 9.75. The van der Waals surface area contributed by atoms with E-state index in [1.807, 2.05) is 24.0 Å². The van der Waals surface area contributed by atoms with Gasteiger partial charge in [-0.25, -0.2) is 0 Å². The number of rotatable bonds is 9. The zero-order chi connectivity index (χ0) is 20.7. The van der Waals surface area contributed by atoms with Gasteiger partial charge >= 0.3 is 0 Å². The predicted molar refractivity (Wildman–Crippen MR) is 115 cm³/mol. The summed E-state index contributed by atoms with van der Waals surface area (Å²) in [7, 11) is 0. The van der Waals surface area contributed by atoms with Crippen molar-refractivity contribution in [3.63, 3.8) is 0 Å². The van der Waals surface area contributed by atoms with Crippen LogP contribution >= 0.6 is 0 Å². The molecule has 1 aliphatic heterocycles. The third kappa shape index (κ3) is 6.46. The fourth-order valence-electron chi connectivity index (χ4n) is 4.53. The largest absolute Gasteiger partial charge is 0.467 e. The summed E-state index contributed by atoms with van der Waals surface area (Å²) in [6.45, 7) is 8.47. The first-order chi connectivity index (χ1) is 14.0. The fourth-order valence-corrected chi connectivity index (χ4v) is 4.53. The zero-order valence-corrected chi connectivity index (χ0v) is 18.1. The minimum atomic E-state index is -0.0645. The molecule has 29 heavy (non-hydrogen) atoms. The first-order valence-electron chi connectivity index (χ1n) is 10.9. The first kappa shape index (κ1) is 21.6. The molecule has 0 bridgehead atoms. The Labute approximate surface area is 175 Å². The van der Waals surface area contributed by atoms with Crippen LogP contribution in [0.15, 0.2) is 53.1 Å². The van der Waals surface area contributed by atoms with Crippen molar-refractivity contribution >= 4 is 5.91 Å². The van der Waals surface area contributed by atoms with E-state index in [0.717, 1.165) is 44.6 Å². The van der Waals surface area contributed by atoms with Gasteiger partial charge in [-0.15, -0.1) is 0 Å². The van der Waals surface area contributed by atoms with Gasteiger partial charge in [0.2, 0.25) is 5.91 Å². The Balaban J connectivity index is 1.71. The summed E-state index contributed by atoms with van der Waals surface area (Å²) in [5.74, 6) is 2.18. The molecule has 1 saturated heterocycles. The van der Waals surface area contributed by atoms with Crippen LogP contribution < -0.4 is 0 Å². The van der Waals surface area contributed by atoms with Gasteiger partial charge in [0, 0.05) is 19.6 Å². The summed E-state index contributed by atoms with van der Waals surface area (Å²) in [4.78, 5) is 14.5. The quantitative estimate of drug-likeness (QED) is 0.563. The lowest BCUT2D eigenvalue weighted by Gasteiger charge is -2.40. The molecule has 0 aliphatic carbocycles. The molecule has 158 valence electrons. The summed E-state index contributed by atoms with van der Waals surface area (Å²) in [5.41, 5.74) is 1.31. The molecule has 1 aromatic carbocycles. The van der Waals surface area contributed by atoms with E-state index in [9.17, 15) is 4.79 Å². The highest BCUT2D eigenvalue weighted by Gasteiger charge is 2.33. The van der Waals surface area contributed by atoms with Gasteiger partial charge in [-0.1, -0.05) is 37.3 Å². The number of furan rings is 1. The van der Waals surface area contributed by atoms with E-state index in [0.29, 0.717) is 24.8 Å². The number of hydrogen-bond acceptors (Lipinski definition) is 3. The normalized spacial score (nSPS) is 19.6. The van der Waals surface area contributed by atoms with E-state index in [1.165, 1.54) is 5.56 Å². The van der Waals surface area contributed by atoms with E-state index >= 15 is 0 Å². The van der Waals surface area contributed by atoms with Crippen molar-refractivity contribution in [3.05, 3.63) is 60.1 Å². The predicted octanol–water partition coefficient (Wildman–Crippen LogP) is 5.47. The van der Waals surface area contributed by atoms with Crippen LogP contribution in [0.3, 0.4) is 0 Å². The molecule has 0 radical (unpaired) electrons. The Morgan fingerprint density at radius 1 is 1.21 bits per heavy atom. The van der Waals surface area contributed by atoms with Crippen LogP contribution in [0, 0.1) is 11.8 Å². The smallest absolute Gasteiger partial charge is 0.222 e. The second-order valence-electron chi connectivity index (χ2n) is 8.85. The molecule has 1 amide bonds. The summed E-state index contributed by atoms with van der Waals surface area (Å²) in [5, 5.41) is 0. The third-order valence-corrected chi connectivity index (χ3v) is 6.09. The Kier molecular flexibility index (Phi) is 7.54. The number of nitrogens with zero attached hydrogens (tertiary/aromatic N) is 1. The van der Waals surface area contributed by atoms with Crippen LogP contribution in [0.25, 0.3) is 0 Å². The molecule has 0 N–H and O–H groups in total. The minimum absolute atomic E-state index is 0.0645. The SMILES string of the molecule is CCC(=O)N(CCC(Cc1ccccc1)C1CCOC(C)(C)C1)Cc1ccco1. The summed E-state index contributed by atoms with van der Waals surface area (Å²) < 4.78 is 11.5. The van der Waals surface area contributed by atoms with Gasteiger partial charge in [-0.05, 0) is 69.1 Å². The molecule has 1 fully saturated rings. The minimum Gasteiger partial charge on any atom is -0.467 e. The summed E-state index contributed by atoms with van der Waals surface area (Å²) >= 11 is 0. The van der Waals surface area contributed by atoms with Gasteiger partial charge in [0.15, 0.2) is 0 Å². The number of carbonyl (C=O) groups is 1. The molecule has 1 aromatic heterocycles. The second-order valence-corrected chi connectivity index (χ2v) is 8.85. The molecule has 1 aliphatic rings. The van der Waals surface area contributed by atoms with Crippen molar-refractivity contribution in [2.75, 3.05) is 13.2 Å². The average molecular weight is 398 g/mol. The highest BCUT2D eigenvalue weighted by atomic mass is 16.5. The summed E-state index contributed by atoms with van der Waals surface area (Å²) in [6, 6.07) is 14.6. The first-order valence-corrected chi connectivity index (χ1v) is 10.9. The van der Waals surface area contributed by atoms with Crippen LogP contribution in [0.1, 0.15) is 57.8 Å². The standard InChI is InChI=1S/C25H35NO3/c1-4-24(27)26(19-23-11-8-15-28-23)14-12-21(17-20-9-6-5-7-10-20)22-13-16-29-25(2,3)18-22/h5-11,15,21-22H,4,12-14,16-19H2,1-3H3. The van der Waals surface area contributed by atoms with Crippen LogP contribution in [-0.4, -0.2) is 29.6 Å². The molecule has 4 heteroatoms. The Morgan fingerprint density at radius 2 is 2.00 bits per heavy atom. The number of amides is 1. The van der Waals surface area contributed by atoms with Crippen LogP contribution in [0.4, 0.5) is 0 Å². The molecule has 2 unspecified atom stereocenters. The monoisotopic (exact) mass is 397 g/mol. The average Bonchev–Trinajstić information content (AvgIpc) is 3.22. The second kappa shape index (κ2) is 10.1. The highest BCUT2D eigenvalue weighted by molar-refractivity contribution is 5.75. The molecule has 2 atom stereocenters. The lowest BCUT2D eigenvalue weighted by Crippen LogP contribution is -2.39. The maximum atomic E-state index is 12.6. The maximum absolute atomic E-state index is 12.6. The molecule has 2 heterocycles. The van der Waals surface area contributed by atoms with Crippen molar-refractivity contribution in [2.45, 2.75) is 65.0 Å².